The summed E-state index contributed by atoms with van der Waals surface area (Å²) in [6.45, 7) is 2.15. The predicted octanol–water partition coefficient (Wildman–Crippen LogP) is 2.51. The molecule has 2 rings (SSSR count). The summed E-state index contributed by atoms with van der Waals surface area (Å²) in [6.07, 6.45) is 6.05. The van der Waals surface area contributed by atoms with E-state index in [0.717, 1.165) is 31.2 Å². The summed E-state index contributed by atoms with van der Waals surface area (Å²) in [5.41, 5.74) is 6.11. The van der Waals surface area contributed by atoms with E-state index in [1.54, 1.807) is 20.1 Å². The lowest BCUT2D eigenvalue weighted by atomic mass is 9.94. The molecule has 1 aliphatic carbocycles. The Hall–Kier alpha value is -2.35. The normalized spacial score (nSPS) is 14.2. The average Bonchev–Trinajstić information content (AvgIpc) is 2.71. The van der Waals surface area contributed by atoms with Crippen LogP contribution in [0.5, 0.6) is 11.5 Å². The van der Waals surface area contributed by atoms with Crippen LogP contribution in [0.15, 0.2) is 18.2 Å². The van der Waals surface area contributed by atoms with Crippen LogP contribution in [0.4, 0.5) is 0 Å². The van der Waals surface area contributed by atoms with E-state index >= 15 is 0 Å². The summed E-state index contributed by atoms with van der Waals surface area (Å²) < 4.78 is 10.8. The van der Waals surface area contributed by atoms with E-state index in [2.05, 4.69) is 10.2 Å². The molecule has 0 atom stereocenters. The van der Waals surface area contributed by atoms with Crippen molar-refractivity contribution in [1.82, 2.24) is 10.2 Å². The number of nitrogens with zero attached hydrogens (tertiary/aromatic N) is 1. The first-order valence-electron chi connectivity index (χ1n) is 9.63. The number of carbonyl (C=O) groups excluding carboxylic acids is 2. The fourth-order valence-electron chi connectivity index (χ4n) is 3.31. The molecule has 7 nitrogen and oxygen atoms in total. The number of thiocarbonyl (C=S) groups is 1. The zero-order valence-corrected chi connectivity index (χ0v) is 17.3. The number of carbonyl (C=O) groups is 2. The number of amides is 2. The van der Waals surface area contributed by atoms with Crippen molar-refractivity contribution >= 4 is 29.1 Å². The number of primary amides is 1. The Kier molecular flexibility index (Phi) is 8.50. The fraction of sp³-hybridized carbons (Fsp3) is 0.550. The van der Waals surface area contributed by atoms with Gasteiger partial charge in [0.25, 0.3) is 5.91 Å². The van der Waals surface area contributed by atoms with Crippen LogP contribution >= 0.6 is 12.2 Å². The average molecular weight is 408 g/mol. The lowest BCUT2D eigenvalue weighted by Gasteiger charge is -2.36. The zero-order valence-electron chi connectivity index (χ0n) is 16.5. The predicted molar refractivity (Wildman–Crippen MR) is 111 cm³/mol. The van der Waals surface area contributed by atoms with Gasteiger partial charge < -0.3 is 25.4 Å². The molecular formula is C20H29N3O4S. The van der Waals surface area contributed by atoms with Crippen LogP contribution in [-0.4, -0.2) is 41.6 Å². The Morgan fingerprint density at radius 2 is 1.96 bits per heavy atom. The number of ether oxygens (including phenoxy) is 2. The topological polar surface area (TPSA) is 93.9 Å². The highest BCUT2D eigenvalue weighted by molar-refractivity contribution is 7.80. The van der Waals surface area contributed by atoms with Gasteiger partial charge in [-0.05, 0) is 42.8 Å². The molecule has 0 aromatic heterocycles. The maximum atomic E-state index is 11.8. The van der Waals surface area contributed by atoms with E-state index in [1.165, 1.54) is 6.42 Å². The molecule has 0 unspecified atom stereocenters. The summed E-state index contributed by atoms with van der Waals surface area (Å²) >= 11 is 5.54. The number of benzene rings is 1. The molecule has 0 radical (unpaired) electrons. The first kappa shape index (κ1) is 21.9. The molecule has 28 heavy (non-hydrogen) atoms. The summed E-state index contributed by atoms with van der Waals surface area (Å²) in [6, 6.07) is 5.81. The quantitative estimate of drug-likeness (QED) is 0.643. The number of nitrogens with one attached hydrogen (secondary N) is 1. The van der Waals surface area contributed by atoms with Gasteiger partial charge in [0.05, 0.1) is 7.11 Å². The molecule has 0 spiro atoms. The molecular weight excluding hydrogens is 378 g/mol. The molecule has 2 amide bonds. The summed E-state index contributed by atoms with van der Waals surface area (Å²) in [5.74, 6) is 0.340. The highest BCUT2D eigenvalue weighted by Gasteiger charge is 2.24. The molecule has 1 fully saturated rings. The fourth-order valence-corrected chi connectivity index (χ4v) is 3.64. The molecule has 1 aliphatic rings. The van der Waals surface area contributed by atoms with Crippen molar-refractivity contribution < 1.29 is 19.1 Å². The standard InChI is InChI=1S/C20H29N3O4S/c1-3-19(25)22-20(28)23(15-7-5-4-6-8-15)12-14-9-10-16(17(11-14)26-2)27-13-18(21)24/h9-11,15H,3-8,12-13H2,1-2H3,(H2,21,24)(H,22,25,28). The van der Waals surface area contributed by atoms with Crippen molar-refractivity contribution in [3.8, 4) is 11.5 Å². The Bertz CT molecular complexity index is 705. The number of nitrogens with two attached hydrogens (primary N) is 1. The van der Waals surface area contributed by atoms with Crippen LogP contribution < -0.4 is 20.5 Å². The monoisotopic (exact) mass is 407 g/mol. The van der Waals surface area contributed by atoms with Crippen molar-refractivity contribution in [3.05, 3.63) is 23.8 Å². The highest BCUT2D eigenvalue weighted by Crippen LogP contribution is 2.30. The van der Waals surface area contributed by atoms with Gasteiger partial charge in [0.15, 0.2) is 23.2 Å². The van der Waals surface area contributed by atoms with Crippen molar-refractivity contribution in [3.63, 3.8) is 0 Å². The number of rotatable bonds is 8. The van der Waals surface area contributed by atoms with Gasteiger partial charge in [0.1, 0.15) is 0 Å². The first-order chi connectivity index (χ1) is 13.4. The molecule has 1 aromatic rings. The number of hydrogen-bond acceptors (Lipinski definition) is 5. The SMILES string of the molecule is CCC(=O)NC(=S)N(Cc1ccc(OCC(N)=O)c(OC)c1)C1CCCCC1. The molecule has 0 saturated heterocycles. The second-order valence-electron chi connectivity index (χ2n) is 6.87. The van der Waals surface area contributed by atoms with Crippen LogP contribution in [0.1, 0.15) is 51.0 Å². The lowest BCUT2D eigenvalue weighted by Crippen LogP contribution is -2.47. The smallest absolute Gasteiger partial charge is 0.255 e. The van der Waals surface area contributed by atoms with Crippen LogP contribution in [0.25, 0.3) is 0 Å². The second-order valence-corrected chi connectivity index (χ2v) is 7.25. The minimum Gasteiger partial charge on any atom is -0.493 e. The third-order valence-electron chi connectivity index (χ3n) is 4.79. The maximum absolute atomic E-state index is 11.8. The molecule has 154 valence electrons. The molecule has 8 heteroatoms. The summed E-state index contributed by atoms with van der Waals surface area (Å²) in [4.78, 5) is 24.9. The van der Waals surface area contributed by atoms with Gasteiger partial charge in [-0.3, -0.25) is 9.59 Å². The van der Waals surface area contributed by atoms with E-state index in [-0.39, 0.29) is 12.5 Å². The third kappa shape index (κ3) is 6.37. The Morgan fingerprint density at radius 3 is 2.57 bits per heavy atom. The van der Waals surface area contributed by atoms with Gasteiger partial charge in [0.2, 0.25) is 5.91 Å². The van der Waals surface area contributed by atoms with Crippen molar-refractivity contribution in [1.29, 1.82) is 0 Å². The third-order valence-corrected chi connectivity index (χ3v) is 5.13. The van der Waals surface area contributed by atoms with Gasteiger partial charge in [-0.15, -0.1) is 0 Å². The minimum absolute atomic E-state index is 0.0846. The Balaban J connectivity index is 2.18. The van der Waals surface area contributed by atoms with E-state index in [4.69, 9.17) is 27.4 Å². The molecule has 1 saturated carbocycles. The highest BCUT2D eigenvalue weighted by atomic mass is 32.1. The zero-order chi connectivity index (χ0) is 20.5. The van der Waals surface area contributed by atoms with Gasteiger partial charge >= 0.3 is 0 Å². The largest absolute Gasteiger partial charge is 0.493 e. The van der Waals surface area contributed by atoms with Gasteiger partial charge in [-0.2, -0.15) is 0 Å². The molecule has 0 heterocycles. The molecule has 1 aromatic carbocycles. The van der Waals surface area contributed by atoms with E-state index in [1.807, 2.05) is 12.1 Å². The van der Waals surface area contributed by atoms with Gasteiger partial charge in [-0.1, -0.05) is 32.3 Å². The molecule has 0 aliphatic heterocycles. The lowest BCUT2D eigenvalue weighted by molar-refractivity contribution is -0.120. The first-order valence-corrected chi connectivity index (χ1v) is 10.0. The van der Waals surface area contributed by atoms with Crippen LogP contribution in [0, 0.1) is 0 Å². The van der Waals surface area contributed by atoms with Crippen molar-refractivity contribution in [2.75, 3.05) is 13.7 Å². The number of hydrogen-bond donors (Lipinski definition) is 2. The van der Waals surface area contributed by atoms with Gasteiger partial charge in [0, 0.05) is 19.0 Å². The van der Waals surface area contributed by atoms with E-state index in [9.17, 15) is 9.59 Å². The van der Waals surface area contributed by atoms with Gasteiger partial charge in [-0.25, -0.2) is 0 Å². The summed E-state index contributed by atoms with van der Waals surface area (Å²) in [5, 5.41) is 3.30. The molecule has 3 N–H and O–H groups in total. The maximum Gasteiger partial charge on any atom is 0.255 e. The van der Waals surface area contributed by atoms with Crippen LogP contribution in [0.3, 0.4) is 0 Å². The van der Waals surface area contributed by atoms with E-state index in [0.29, 0.717) is 35.6 Å². The Morgan fingerprint density at radius 1 is 1.25 bits per heavy atom. The van der Waals surface area contributed by atoms with Crippen molar-refractivity contribution in [2.45, 2.75) is 58.0 Å². The number of methoxy groups -OCH3 is 1. The Labute approximate surface area is 171 Å². The second kappa shape index (κ2) is 10.8. The van der Waals surface area contributed by atoms with Crippen molar-refractivity contribution in [2.24, 2.45) is 5.73 Å². The molecule has 0 bridgehead atoms. The van der Waals surface area contributed by atoms with Crippen LogP contribution in [-0.2, 0) is 16.1 Å². The van der Waals surface area contributed by atoms with E-state index < -0.39 is 5.91 Å². The minimum atomic E-state index is -0.549. The van der Waals surface area contributed by atoms with Crippen LogP contribution in [0.2, 0.25) is 0 Å². The summed E-state index contributed by atoms with van der Waals surface area (Å²) in [7, 11) is 1.54.